The first-order valence-electron chi connectivity index (χ1n) is 5.79. The van der Waals surface area contributed by atoms with Gasteiger partial charge in [0.1, 0.15) is 12.1 Å². The number of hydrogen-bond acceptors (Lipinski definition) is 6. The van der Waals surface area contributed by atoms with E-state index in [0.29, 0.717) is 21.2 Å². The second-order valence-corrected chi connectivity index (χ2v) is 5.42. The van der Waals surface area contributed by atoms with Gasteiger partial charge in [0.05, 0.1) is 18.7 Å². The Balaban J connectivity index is 2.96. The van der Waals surface area contributed by atoms with Crippen LogP contribution < -0.4 is 5.43 Å². The second-order valence-electron chi connectivity index (χ2n) is 3.71. The van der Waals surface area contributed by atoms with Crippen LogP contribution in [-0.2, 0) is 16.0 Å². The molecule has 8 heteroatoms. The third-order valence-corrected chi connectivity index (χ3v) is 3.50. The Labute approximate surface area is 138 Å². The number of rotatable bonds is 5. The van der Waals surface area contributed by atoms with Gasteiger partial charge in [-0.25, -0.2) is 0 Å². The van der Waals surface area contributed by atoms with Gasteiger partial charge in [-0.1, -0.05) is 0 Å². The summed E-state index contributed by atoms with van der Waals surface area (Å²) < 4.78 is 6.15. The van der Waals surface area contributed by atoms with Gasteiger partial charge in [0.15, 0.2) is 0 Å². The van der Waals surface area contributed by atoms with Crippen molar-refractivity contribution < 1.29 is 9.53 Å². The minimum absolute atomic E-state index is 0.149. The van der Waals surface area contributed by atoms with Crippen LogP contribution in [0.2, 0.25) is 0 Å². The summed E-state index contributed by atoms with van der Waals surface area (Å²) in [6, 6.07) is 6.76. The molecule has 6 nitrogen and oxygen atoms in total. The zero-order valence-corrected chi connectivity index (χ0v) is 14.2. The number of halogens is 2. The van der Waals surface area contributed by atoms with Gasteiger partial charge in [0, 0.05) is 8.95 Å². The lowest BCUT2D eigenvalue weighted by atomic mass is 10.1. The Bertz CT molecular complexity index is 620. The average Bonchev–Trinajstić information content (AvgIpc) is 2.42. The molecule has 1 N–H and O–H groups in total. The average molecular weight is 414 g/mol. The summed E-state index contributed by atoms with van der Waals surface area (Å²) in [5.74, 6) is -0.314. The van der Waals surface area contributed by atoms with Gasteiger partial charge in [-0.05, 0) is 56.5 Å². The van der Waals surface area contributed by atoms with Crippen molar-refractivity contribution in [2.75, 3.05) is 12.0 Å². The lowest BCUT2D eigenvalue weighted by molar-refractivity contribution is -0.142. The normalized spacial score (nSPS) is 9.19. The third kappa shape index (κ3) is 5.18. The van der Waals surface area contributed by atoms with Crippen molar-refractivity contribution in [2.24, 2.45) is 5.10 Å². The zero-order chi connectivity index (χ0) is 15.8. The molecule has 1 aromatic rings. The van der Waals surface area contributed by atoms with Gasteiger partial charge < -0.3 is 4.74 Å². The lowest BCUT2D eigenvalue weighted by Crippen LogP contribution is -2.08. The summed E-state index contributed by atoms with van der Waals surface area (Å²) in [6.45, 7) is 2.08. The van der Waals surface area contributed by atoms with E-state index in [1.54, 1.807) is 31.2 Å². The highest BCUT2D eigenvalue weighted by Gasteiger charge is 2.11. The van der Waals surface area contributed by atoms with Crippen molar-refractivity contribution in [3.63, 3.8) is 0 Å². The second kappa shape index (κ2) is 8.40. The molecule has 0 saturated carbocycles. The molecule has 0 saturated heterocycles. The van der Waals surface area contributed by atoms with Gasteiger partial charge in [-0.2, -0.15) is 15.6 Å². The molecule has 0 unspecified atom stereocenters. The number of hydrogen-bond donors (Lipinski definition) is 1. The predicted octanol–water partition coefficient (Wildman–Crippen LogP) is 3.13. The van der Waals surface area contributed by atoms with Crippen LogP contribution in [0.25, 0.3) is 0 Å². The fraction of sp³-hybridized carbons (Fsp3) is 0.231. The topological polar surface area (TPSA) is 98.3 Å². The molecule has 1 rings (SSSR count). The molecule has 0 aliphatic heterocycles. The summed E-state index contributed by atoms with van der Waals surface area (Å²) in [5.41, 5.74) is 3.63. The summed E-state index contributed by atoms with van der Waals surface area (Å²) >= 11 is 6.68. The Morgan fingerprint density at radius 1 is 1.33 bits per heavy atom. The van der Waals surface area contributed by atoms with E-state index < -0.39 is 0 Å². The number of esters is 1. The van der Waals surface area contributed by atoms with E-state index in [4.69, 9.17) is 15.3 Å². The number of carbonyl (C=O) groups excluding carboxylic acids is 1. The van der Waals surface area contributed by atoms with E-state index in [-0.39, 0.29) is 18.1 Å². The third-order valence-electron chi connectivity index (χ3n) is 2.25. The van der Waals surface area contributed by atoms with Crippen molar-refractivity contribution in [3.8, 4) is 12.1 Å². The van der Waals surface area contributed by atoms with Gasteiger partial charge in [0.2, 0.25) is 5.71 Å². The van der Waals surface area contributed by atoms with Crippen molar-refractivity contribution in [3.05, 3.63) is 26.6 Å². The monoisotopic (exact) mass is 412 g/mol. The Morgan fingerprint density at radius 3 is 2.38 bits per heavy atom. The Kier molecular flexibility index (Phi) is 6.86. The SMILES string of the molecule is CCOC(=O)Cc1cc(Br)c(NN=C(C#N)C#N)c(Br)c1. The van der Waals surface area contributed by atoms with Crippen molar-refractivity contribution in [1.29, 1.82) is 10.5 Å². The maximum Gasteiger partial charge on any atom is 0.310 e. The van der Waals surface area contributed by atoms with Gasteiger partial charge >= 0.3 is 5.97 Å². The van der Waals surface area contributed by atoms with Crippen LogP contribution in [0.5, 0.6) is 0 Å². The molecule has 0 spiro atoms. The first-order valence-corrected chi connectivity index (χ1v) is 7.37. The van der Waals surface area contributed by atoms with E-state index in [0.717, 1.165) is 5.56 Å². The molecule has 0 bridgehead atoms. The van der Waals surface area contributed by atoms with Gasteiger partial charge in [-0.3, -0.25) is 10.2 Å². The number of ether oxygens (including phenoxy) is 1. The molecule has 0 radical (unpaired) electrons. The summed E-state index contributed by atoms with van der Waals surface area (Å²) in [5, 5.41) is 20.9. The van der Waals surface area contributed by atoms with Crippen molar-refractivity contribution in [2.45, 2.75) is 13.3 Å². The summed E-state index contributed by atoms with van der Waals surface area (Å²) in [4.78, 5) is 11.5. The minimum atomic E-state index is -0.314. The molecule has 21 heavy (non-hydrogen) atoms. The predicted molar refractivity (Wildman–Crippen MR) is 84.5 cm³/mol. The number of nitriles is 2. The standard InChI is InChI=1S/C13H10Br2N4O2/c1-2-21-12(20)5-8-3-10(14)13(11(15)4-8)19-18-9(6-16)7-17/h3-4,19H,2,5H2,1H3. The zero-order valence-electron chi connectivity index (χ0n) is 11.0. The number of benzene rings is 1. The van der Waals surface area contributed by atoms with Crippen LogP contribution in [0.1, 0.15) is 12.5 Å². The van der Waals surface area contributed by atoms with Crippen LogP contribution in [0, 0.1) is 22.7 Å². The number of carbonyl (C=O) groups is 1. The van der Waals surface area contributed by atoms with E-state index in [9.17, 15) is 4.79 Å². The van der Waals surface area contributed by atoms with E-state index in [2.05, 4.69) is 42.4 Å². The highest BCUT2D eigenvalue weighted by molar-refractivity contribution is 9.11. The molecule has 0 aromatic heterocycles. The molecule has 0 fully saturated rings. The number of nitrogens with one attached hydrogen (secondary N) is 1. The molecule has 1 aromatic carbocycles. The number of anilines is 1. The van der Waals surface area contributed by atoms with Crippen molar-refractivity contribution >= 4 is 49.2 Å². The maximum atomic E-state index is 11.5. The van der Waals surface area contributed by atoms with E-state index in [1.807, 2.05) is 0 Å². The molecule has 108 valence electrons. The maximum absolute atomic E-state index is 11.5. The Morgan fingerprint density at radius 2 is 1.90 bits per heavy atom. The van der Waals surface area contributed by atoms with Crippen molar-refractivity contribution in [1.82, 2.24) is 0 Å². The molecule has 0 amide bonds. The first-order chi connectivity index (χ1) is 10.0. The van der Waals surface area contributed by atoms with Gasteiger partial charge in [0.25, 0.3) is 0 Å². The highest BCUT2D eigenvalue weighted by atomic mass is 79.9. The molecular formula is C13H10Br2N4O2. The van der Waals surface area contributed by atoms with E-state index in [1.165, 1.54) is 0 Å². The molecule has 0 aliphatic rings. The van der Waals surface area contributed by atoms with Crippen LogP contribution in [0.3, 0.4) is 0 Å². The molecule has 0 aliphatic carbocycles. The van der Waals surface area contributed by atoms with Gasteiger partial charge in [-0.15, -0.1) is 0 Å². The number of hydrazone groups is 1. The summed E-state index contributed by atoms with van der Waals surface area (Å²) in [7, 11) is 0. The Hall–Kier alpha value is -1.90. The fourth-order valence-corrected chi connectivity index (χ4v) is 2.86. The minimum Gasteiger partial charge on any atom is -0.466 e. The molecule has 0 heterocycles. The highest BCUT2D eigenvalue weighted by Crippen LogP contribution is 2.32. The fourth-order valence-electron chi connectivity index (χ4n) is 1.40. The quantitative estimate of drug-likeness (QED) is 0.454. The van der Waals surface area contributed by atoms with E-state index >= 15 is 0 Å². The number of nitrogens with zero attached hydrogens (tertiary/aromatic N) is 3. The van der Waals surface area contributed by atoms with Crippen LogP contribution >= 0.6 is 31.9 Å². The largest absolute Gasteiger partial charge is 0.466 e. The van der Waals surface area contributed by atoms with Crippen LogP contribution in [0.4, 0.5) is 5.69 Å². The van der Waals surface area contributed by atoms with Crippen LogP contribution in [-0.4, -0.2) is 18.3 Å². The van der Waals surface area contributed by atoms with Crippen LogP contribution in [0.15, 0.2) is 26.2 Å². The summed E-state index contributed by atoms with van der Waals surface area (Å²) in [6.07, 6.45) is 0.149. The lowest BCUT2D eigenvalue weighted by Gasteiger charge is -2.09. The smallest absolute Gasteiger partial charge is 0.310 e. The first kappa shape index (κ1) is 17.2. The molecular weight excluding hydrogens is 404 g/mol. The molecule has 0 atom stereocenters.